The number of rotatable bonds is 2. The van der Waals surface area contributed by atoms with Crippen molar-refractivity contribution >= 4 is 6.08 Å². The van der Waals surface area contributed by atoms with Gasteiger partial charge in [0.1, 0.15) is 0 Å². The average Bonchev–Trinajstić information content (AvgIpc) is 2.61. The Morgan fingerprint density at radius 1 is 1.29 bits per heavy atom. The van der Waals surface area contributed by atoms with Crippen LogP contribution in [0.4, 0.5) is 0 Å². The van der Waals surface area contributed by atoms with E-state index in [1.165, 1.54) is 36.0 Å². The molecule has 2 rings (SSSR count). The van der Waals surface area contributed by atoms with Gasteiger partial charge in [-0.2, -0.15) is 0 Å². The van der Waals surface area contributed by atoms with Gasteiger partial charge in [-0.25, -0.2) is 0 Å². The van der Waals surface area contributed by atoms with Crippen LogP contribution in [0.3, 0.4) is 0 Å². The zero-order valence-corrected chi connectivity index (χ0v) is 8.72. The molecular formula is C14H16. The molecule has 0 radical (unpaired) electrons. The lowest BCUT2D eigenvalue weighted by atomic mass is 10.1. The Labute approximate surface area is 86.0 Å². The summed E-state index contributed by atoms with van der Waals surface area (Å²) in [6.07, 6.45) is 8.05. The van der Waals surface area contributed by atoms with E-state index in [1.54, 1.807) is 0 Å². The monoisotopic (exact) mass is 184 g/mol. The fraction of sp³-hybridized carbons (Fsp3) is 0.286. The predicted octanol–water partition coefficient (Wildman–Crippen LogP) is 3.76. The fourth-order valence-corrected chi connectivity index (χ4v) is 1.93. The maximum absolute atomic E-state index is 3.86. The molecule has 0 nitrogen and oxygen atoms in total. The van der Waals surface area contributed by atoms with Crippen LogP contribution in [0.15, 0.2) is 36.4 Å². The van der Waals surface area contributed by atoms with E-state index in [-0.39, 0.29) is 0 Å². The minimum absolute atomic E-state index is 1.10. The van der Waals surface area contributed by atoms with Gasteiger partial charge in [-0.15, -0.1) is 0 Å². The van der Waals surface area contributed by atoms with Gasteiger partial charge in [0.05, 0.1) is 0 Å². The molecule has 72 valence electrons. The zero-order chi connectivity index (χ0) is 9.97. The number of benzene rings is 1. The highest BCUT2D eigenvalue weighted by Crippen LogP contribution is 2.23. The van der Waals surface area contributed by atoms with Gasteiger partial charge < -0.3 is 0 Å². The Morgan fingerprint density at radius 2 is 2.07 bits per heavy atom. The second-order valence-corrected chi connectivity index (χ2v) is 4.06. The van der Waals surface area contributed by atoms with Gasteiger partial charge in [-0.05, 0) is 42.9 Å². The van der Waals surface area contributed by atoms with Gasteiger partial charge in [0, 0.05) is 0 Å². The van der Waals surface area contributed by atoms with E-state index >= 15 is 0 Å². The molecule has 1 aliphatic rings. The summed E-state index contributed by atoms with van der Waals surface area (Å²) in [5.74, 6) is 0. The van der Waals surface area contributed by atoms with Crippen LogP contribution in [-0.2, 0) is 12.8 Å². The molecule has 14 heavy (non-hydrogen) atoms. The summed E-state index contributed by atoms with van der Waals surface area (Å²) in [6.45, 7) is 5.87. The van der Waals surface area contributed by atoms with Crippen molar-refractivity contribution in [2.24, 2.45) is 0 Å². The minimum atomic E-state index is 1.10. The molecule has 0 N–H and O–H groups in total. The van der Waals surface area contributed by atoms with E-state index in [0.717, 1.165) is 5.57 Å². The number of hydrogen-bond donors (Lipinski definition) is 0. The first-order valence-electron chi connectivity index (χ1n) is 5.21. The van der Waals surface area contributed by atoms with Crippen LogP contribution in [-0.4, -0.2) is 0 Å². The molecule has 1 aromatic rings. The quantitative estimate of drug-likeness (QED) is 0.614. The first-order chi connectivity index (χ1) is 6.75. The van der Waals surface area contributed by atoms with Crippen LogP contribution in [0.1, 0.15) is 30.0 Å². The second kappa shape index (κ2) is 3.83. The third kappa shape index (κ3) is 1.95. The van der Waals surface area contributed by atoms with Gasteiger partial charge in [0.15, 0.2) is 0 Å². The van der Waals surface area contributed by atoms with Crippen molar-refractivity contribution in [3.05, 3.63) is 53.1 Å². The van der Waals surface area contributed by atoms with Gasteiger partial charge in [0.25, 0.3) is 0 Å². The van der Waals surface area contributed by atoms with E-state index in [4.69, 9.17) is 0 Å². The van der Waals surface area contributed by atoms with Gasteiger partial charge in [-0.3, -0.25) is 0 Å². The van der Waals surface area contributed by atoms with Crippen molar-refractivity contribution in [3.63, 3.8) is 0 Å². The summed E-state index contributed by atoms with van der Waals surface area (Å²) in [6, 6.07) is 6.77. The van der Waals surface area contributed by atoms with Crippen LogP contribution in [0, 0.1) is 0 Å². The number of aryl methyl sites for hydroxylation is 2. The number of hydrogen-bond acceptors (Lipinski definition) is 0. The molecule has 0 saturated heterocycles. The summed E-state index contributed by atoms with van der Waals surface area (Å²) >= 11 is 0. The van der Waals surface area contributed by atoms with Crippen LogP contribution in [0.5, 0.6) is 0 Å². The van der Waals surface area contributed by atoms with Gasteiger partial charge in [0.2, 0.25) is 0 Å². The lowest BCUT2D eigenvalue weighted by molar-refractivity contribution is 0.912. The van der Waals surface area contributed by atoms with E-state index < -0.39 is 0 Å². The van der Waals surface area contributed by atoms with Crippen LogP contribution < -0.4 is 0 Å². The van der Waals surface area contributed by atoms with Crippen molar-refractivity contribution in [1.82, 2.24) is 0 Å². The highest BCUT2D eigenvalue weighted by molar-refractivity contribution is 5.55. The average molecular weight is 184 g/mol. The topological polar surface area (TPSA) is 0 Å². The lowest BCUT2D eigenvalue weighted by Crippen LogP contribution is -1.82. The number of fused-ring (bicyclic) bond motifs is 1. The molecular weight excluding hydrogens is 168 g/mol. The first kappa shape index (κ1) is 9.26. The molecule has 1 aromatic carbocycles. The lowest BCUT2D eigenvalue weighted by Gasteiger charge is -2.00. The maximum atomic E-state index is 3.86. The van der Waals surface area contributed by atoms with E-state index in [2.05, 4.69) is 36.9 Å². The third-order valence-corrected chi connectivity index (χ3v) is 2.68. The smallest absolute Gasteiger partial charge is 0.0254 e. The Hall–Kier alpha value is -1.30. The normalized spacial score (nSPS) is 14.6. The molecule has 0 saturated carbocycles. The van der Waals surface area contributed by atoms with Gasteiger partial charge in [-0.1, -0.05) is 42.5 Å². The Balaban J connectivity index is 2.25. The molecule has 0 bridgehead atoms. The molecule has 0 unspecified atom stereocenters. The summed E-state index contributed by atoms with van der Waals surface area (Å²) in [7, 11) is 0. The summed E-state index contributed by atoms with van der Waals surface area (Å²) < 4.78 is 0. The van der Waals surface area contributed by atoms with Crippen molar-refractivity contribution in [2.75, 3.05) is 0 Å². The van der Waals surface area contributed by atoms with E-state index in [0.29, 0.717) is 0 Å². The highest BCUT2D eigenvalue weighted by atomic mass is 14.1. The summed E-state index contributed by atoms with van der Waals surface area (Å²) in [4.78, 5) is 0. The second-order valence-electron chi connectivity index (χ2n) is 4.06. The molecule has 0 aromatic heterocycles. The molecule has 0 fully saturated rings. The first-order valence-corrected chi connectivity index (χ1v) is 5.21. The van der Waals surface area contributed by atoms with Crippen LogP contribution in [0.2, 0.25) is 0 Å². The molecule has 0 heteroatoms. The Kier molecular flexibility index (Phi) is 2.53. The molecule has 0 spiro atoms. The highest BCUT2D eigenvalue weighted by Gasteiger charge is 2.09. The maximum Gasteiger partial charge on any atom is -0.0254 e. The Bertz CT molecular complexity index is 383. The molecule has 0 heterocycles. The van der Waals surface area contributed by atoms with Gasteiger partial charge >= 0.3 is 0 Å². The predicted molar refractivity (Wildman–Crippen MR) is 62.3 cm³/mol. The number of allylic oxidation sites excluding steroid dienone is 2. The fourth-order valence-electron chi connectivity index (χ4n) is 1.93. The van der Waals surface area contributed by atoms with Crippen LogP contribution in [0.25, 0.3) is 6.08 Å². The van der Waals surface area contributed by atoms with Crippen LogP contribution >= 0.6 is 0 Å². The SMILES string of the molecule is C=C(C)/C=C/c1ccc2c(c1)CCC2. The molecule has 0 aliphatic heterocycles. The van der Waals surface area contributed by atoms with E-state index in [1.807, 2.05) is 6.92 Å². The molecule has 0 amide bonds. The minimum Gasteiger partial charge on any atom is -0.0961 e. The summed E-state index contributed by atoms with van der Waals surface area (Å²) in [5, 5.41) is 0. The Morgan fingerprint density at radius 3 is 2.86 bits per heavy atom. The largest absolute Gasteiger partial charge is 0.0961 e. The van der Waals surface area contributed by atoms with E-state index in [9.17, 15) is 0 Å². The zero-order valence-electron chi connectivity index (χ0n) is 8.72. The molecule has 1 aliphatic carbocycles. The van der Waals surface area contributed by atoms with Crippen molar-refractivity contribution in [3.8, 4) is 0 Å². The van der Waals surface area contributed by atoms with Crippen molar-refractivity contribution in [1.29, 1.82) is 0 Å². The van der Waals surface area contributed by atoms with Crippen molar-refractivity contribution in [2.45, 2.75) is 26.2 Å². The standard InChI is InChI=1S/C14H16/c1-11(2)6-7-12-8-9-13-4-3-5-14(13)10-12/h6-10H,1,3-5H2,2H3/b7-6+. The summed E-state index contributed by atoms with van der Waals surface area (Å²) in [5.41, 5.74) is 5.48. The third-order valence-electron chi connectivity index (χ3n) is 2.68. The molecule has 0 atom stereocenters. The van der Waals surface area contributed by atoms with Crippen molar-refractivity contribution < 1.29 is 0 Å².